The Kier molecular flexibility index (Phi) is 4.92. The largest absolute Gasteiger partial charge is 0.456 e. The molecule has 1 fully saturated rings. The summed E-state index contributed by atoms with van der Waals surface area (Å²) in [7, 11) is 0. The monoisotopic (exact) mass is 335 g/mol. The third-order valence-electron chi connectivity index (χ3n) is 3.92. The number of furan rings is 1. The lowest BCUT2D eigenvalue weighted by atomic mass is 10.2. The lowest BCUT2D eigenvalue weighted by Gasteiger charge is -2.13. The standard InChI is InChI=1S/C15H21N5O2S/c1-2-11-10(9-20-5-3-4-6-20)7-12(22-11)14(21)17-8-13-18-19-15(16)23-13/h7H,2-6,8-9H2,1H3,(H2,16,19)(H,17,21). The lowest BCUT2D eigenvalue weighted by molar-refractivity contribution is 0.0921. The zero-order valence-corrected chi connectivity index (χ0v) is 14.0. The van der Waals surface area contributed by atoms with E-state index in [4.69, 9.17) is 10.2 Å². The smallest absolute Gasteiger partial charge is 0.287 e. The first-order valence-electron chi connectivity index (χ1n) is 7.85. The molecule has 1 aliphatic rings. The second kappa shape index (κ2) is 7.10. The van der Waals surface area contributed by atoms with Crippen LogP contribution in [0.15, 0.2) is 10.5 Å². The van der Waals surface area contributed by atoms with E-state index in [-0.39, 0.29) is 5.91 Å². The molecule has 23 heavy (non-hydrogen) atoms. The van der Waals surface area contributed by atoms with Crippen molar-refractivity contribution in [1.29, 1.82) is 0 Å². The van der Waals surface area contributed by atoms with Gasteiger partial charge in [-0.05, 0) is 32.0 Å². The summed E-state index contributed by atoms with van der Waals surface area (Å²) in [6, 6.07) is 1.86. The van der Waals surface area contributed by atoms with Crippen molar-refractivity contribution in [3.05, 3.63) is 28.2 Å². The number of nitrogens with one attached hydrogen (secondary N) is 1. The van der Waals surface area contributed by atoms with E-state index < -0.39 is 0 Å². The number of hydrogen-bond donors (Lipinski definition) is 2. The Morgan fingerprint density at radius 3 is 2.87 bits per heavy atom. The fourth-order valence-electron chi connectivity index (χ4n) is 2.77. The van der Waals surface area contributed by atoms with Gasteiger partial charge in [0.25, 0.3) is 5.91 Å². The quantitative estimate of drug-likeness (QED) is 0.835. The molecule has 124 valence electrons. The van der Waals surface area contributed by atoms with Gasteiger partial charge < -0.3 is 15.5 Å². The van der Waals surface area contributed by atoms with Crippen molar-refractivity contribution >= 4 is 22.4 Å². The molecule has 1 saturated heterocycles. The number of rotatable bonds is 6. The first-order valence-corrected chi connectivity index (χ1v) is 8.67. The Morgan fingerprint density at radius 1 is 1.43 bits per heavy atom. The first kappa shape index (κ1) is 15.9. The van der Waals surface area contributed by atoms with E-state index in [1.165, 1.54) is 24.2 Å². The summed E-state index contributed by atoms with van der Waals surface area (Å²) in [6.45, 7) is 5.44. The van der Waals surface area contributed by atoms with Crippen LogP contribution in [0.25, 0.3) is 0 Å². The van der Waals surface area contributed by atoms with E-state index in [9.17, 15) is 4.79 Å². The number of anilines is 1. The van der Waals surface area contributed by atoms with Gasteiger partial charge in [0, 0.05) is 18.5 Å². The molecule has 2 aromatic heterocycles. The molecule has 0 saturated carbocycles. The SMILES string of the molecule is CCc1oc(C(=O)NCc2nnc(N)s2)cc1CN1CCCC1. The summed E-state index contributed by atoms with van der Waals surface area (Å²) in [6.07, 6.45) is 3.28. The highest BCUT2D eigenvalue weighted by molar-refractivity contribution is 7.15. The van der Waals surface area contributed by atoms with Gasteiger partial charge in [-0.1, -0.05) is 18.3 Å². The lowest BCUT2D eigenvalue weighted by Crippen LogP contribution is -2.22. The Labute approximate surface area is 138 Å². The van der Waals surface area contributed by atoms with Crippen LogP contribution in [0.4, 0.5) is 5.13 Å². The van der Waals surface area contributed by atoms with Crippen LogP contribution in [0.1, 0.15) is 46.7 Å². The van der Waals surface area contributed by atoms with Gasteiger partial charge in [0.2, 0.25) is 5.13 Å². The predicted octanol–water partition coefficient (Wildman–Crippen LogP) is 1.80. The van der Waals surface area contributed by atoms with E-state index in [0.717, 1.165) is 37.4 Å². The highest BCUT2D eigenvalue weighted by Gasteiger charge is 2.19. The number of likely N-dealkylation sites (tertiary alicyclic amines) is 1. The summed E-state index contributed by atoms with van der Waals surface area (Å²) in [5.74, 6) is 1.01. The maximum absolute atomic E-state index is 12.3. The van der Waals surface area contributed by atoms with Crippen molar-refractivity contribution in [3.63, 3.8) is 0 Å². The maximum Gasteiger partial charge on any atom is 0.287 e. The van der Waals surface area contributed by atoms with Crippen LogP contribution in [-0.4, -0.2) is 34.1 Å². The van der Waals surface area contributed by atoms with Crippen LogP contribution >= 0.6 is 11.3 Å². The van der Waals surface area contributed by atoms with E-state index in [1.807, 2.05) is 13.0 Å². The summed E-state index contributed by atoms with van der Waals surface area (Å²) >= 11 is 1.26. The fourth-order valence-corrected chi connectivity index (χ4v) is 3.32. The number of carbonyl (C=O) groups excluding carboxylic acids is 1. The molecule has 0 atom stereocenters. The number of nitrogens with two attached hydrogens (primary N) is 1. The Bertz CT molecular complexity index is 675. The third-order valence-corrected chi connectivity index (χ3v) is 4.67. The van der Waals surface area contributed by atoms with Crippen molar-refractivity contribution in [1.82, 2.24) is 20.4 Å². The number of aromatic nitrogens is 2. The zero-order valence-electron chi connectivity index (χ0n) is 13.2. The van der Waals surface area contributed by atoms with Crippen LogP contribution < -0.4 is 11.1 Å². The van der Waals surface area contributed by atoms with Crippen molar-refractivity contribution in [2.75, 3.05) is 18.8 Å². The number of amides is 1. The van der Waals surface area contributed by atoms with Crippen LogP contribution in [-0.2, 0) is 19.5 Å². The second-order valence-electron chi connectivity index (χ2n) is 5.61. The molecule has 3 N–H and O–H groups in total. The Morgan fingerprint density at radius 2 is 2.22 bits per heavy atom. The summed E-state index contributed by atoms with van der Waals surface area (Å²) in [5, 5.41) is 11.5. The fraction of sp³-hybridized carbons (Fsp3) is 0.533. The average molecular weight is 335 g/mol. The molecule has 7 nitrogen and oxygen atoms in total. The molecule has 0 unspecified atom stereocenters. The summed E-state index contributed by atoms with van der Waals surface area (Å²) in [4.78, 5) is 14.6. The molecule has 3 rings (SSSR count). The van der Waals surface area contributed by atoms with Crippen LogP contribution in [0, 0.1) is 0 Å². The summed E-state index contributed by atoms with van der Waals surface area (Å²) in [5.41, 5.74) is 6.63. The van der Waals surface area contributed by atoms with Crippen LogP contribution in [0.2, 0.25) is 0 Å². The number of aryl methyl sites for hydroxylation is 1. The van der Waals surface area contributed by atoms with Gasteiger partial charge in [-0.25, -0.2) is 0 Å². The van der Waals surface area contributed by atoms with Gasteiger partial charge in [0.05, 0.1) is 6.54 Å². The normalized spacial score (nSPS) is 15.2. The molecule has 0 spiro atoms. The third kappa shape index (κ3) is 3.89. The van der Waals surface area contributed by atoms with Gasteiger partial charge >= 0.3 is 0 Å². The van der Waals surface area contributed by atoms with E-state index >= 15 is 0 Å². The molecule has 3 heterocycles. The molecule has 2 aromatic rings. The van der Waals surface area contributed by atoms with E-state index in [1.54, 1.807) is 0 Å². The van der Waals surface area contributed by atoms with Gasteiger partial charge in [0.1, 0.15) is 10.8 Å². The van der Waals surface area contributed by atoms with Gasteiger partial charge in [-0.3, -0.25) is 9.69 Å². The van der Waals surface area contributed by atoms with Crippen LogP contribution in [0.3, 0.4) is 0 Å². The topological polar surface area (TPSA) is 97.3 Å². The van der Waals surface area contributed by atoms with Gasteiger partial charge in [-0.15, -0.1) is 10.2 Å². The number of carbonyl (C=O) groups is 1. The van der Waals surface area contributed by atoms with E-state index in [2.05, 4.69) is 20.4 Å². The average Bonchev–Trinajstić information content (AvgIpc) is 3.26. The second-order valence-corrected chi connectivity index (χ2v) is 6.71. The van der Waals surface area contributed by atoms with E-state index in [0.29, 0.717) is 22.4 Å². The number of nitrogens with zero attached hydrogens (tertiary/aromatic N) is 3. The van der Waals surface area contributed by atoms with Gasteiger partial charge in [-0.2, -0.15) is 0 Å². The maximum atomic E-state index is 12.3. The minimum atomic E-state index is -0.235. The molecule has 0 radical (unpaired) electrons. The van der Waals surface area contributed by atoms with Gasteiger partial charge in [0.15, 0.2) is 5.76 Å². The molecule has 0 aliphatic carbocycles. The minimum Gasteiger partial charge on any atom is -0.456 e. The predicted molar refractivity (Wildman–Crippen MR) is 88.1 cm³/mol. The Balaban J connectivity index is 1.64. The molecule has 0 bridgehead atoms. The van der Waals surface area contributed by atoms with Crippen molar-refractivity contribution in [2.24, 2.45) is 0 Å². The molecular formula is C15H21N5O2S. The molecule has 1 aliphatic heterocycles. The van der Waals surface area contributed by atoms with Crippen molar-refractivity contribution in [2.45, 2.75) is 39.3 Å². The highest BCUT2D eigenvalue weighted by Crippen LogP contribution is 2.21. The Hall–Kier alpha value is -1.93. The number of nitrogen functional groups attached to an aromatic ring is 1. The minimum absolute atomic E-state index is 0.235. The molecule has 8 heteroatoms. The van der Waals surface area contributed by atoms with Crippen molar-refractivity contribution < 1.29 is 9.21 Å². The molecule has 0 aromatic carbocycles. The zero-order chi connectivity index (χ0) is 16.2. The van der Waals surface area contributed by atoms with Crippen molar-refractivity contribution in [3.8, 4) is 0 Å². The first-order chi connectivity index (χ1) is 11.2. The number of hydrogen-bond acceptors (Lipinski definition) is 7. The van der Waals surface area contributed by atoms with Crippen LogP contribution in [0.5, 0.6) is 0 Å². The summed E-state index contributed by atoms with van der Waals surface area (Å²) < 4.78 is 5.73. The molecular weight excluding hydrogens is 314 g/mol. The molecule has 1 amide bonds. The highest BCUT2D eigenvalue weighted by atomic mass is 32.1.